The van der Waals surface area contributed by atoms with Crippen molar-refractivity contribution in [3.63, 3.8) is 0 Å². The fraction of sp³-hybridized carbons (Fsp3) is 0.500. The molecule has 0 aliphatic carbocycles. The summed E-state index contributed by atoms with van der Waals surface area (Å²) in [7, 11) is 1.65. The van der Waals surface area contributed by atoms with Gasteiger partial charge in [-0.25, -0.2) is 9.37 Å². The summed E-state index contributed by atoms with van der Waals surface area (Å²) in [5.41, 5.74) is 0.417. The first-order valence-corrected chi connectivity index (χ1v) is 11.7. The summed E-state index contributed by atoms with van der Waals surface area (Å²) in [5.74, 6) is -0.838. The van der Waals surface area contributed by atoms with Crippen molar-refractivity contribution in [2.75, 3.05) is 33.4 Å². The van der Waals surface area contributed by atoms with Crippen molar-refractivity contribution in [1.29, 1.82) is 0 Å². The highest BCUT2D eigenvalue weighted by molar-refractivity contribution is 7.09. The number of carbonyl (C=O) groups is 2. The number of methoxy groups -OCH3 is 1. The molecule has 1 atom stereocenters. The molecule has 0 N–H and O–H groups in total. The van der Waals surface area contributed by atoms with Gasteiger partial charge in [0.15, 0.2) is 0 Å². The maximum atomic E-state index is 14.1. The second-order valence-corrected chi connectivity index (χ2v) is 9.28. The Balaban J connectivity index is 1.38. The lowest BCUT2D eigenvalue weighted by molar-refractivity contribution is 0.0625. The van der Waals surface area contributed by atoms with E-state index in [0.717, 1.165) is 37.2 Å². The summed E-state index contributed by atoms with van der Waals surface area (Å²) in [6.45, 7) is 2.28. The van der Waals surface area contributed by atoms with Gasteiger partial charge in [-0.3, -0.25) is 9.59 Å². The summed E-state index contributed by atoms with van der Waals surface area (Å²) in [5, 5.41) is 2.88. The van der Waals surface area contributed by atoms with E-state index in [9.17, 15) is 14.0 Å². The minimum Gasteiger partial charge on any atom is -0.383 e. The molecule has 2 aliphatic heterocycles. The van der Waals surface area contributed by atoms with E-state index < -0.39 is 5.82 Å². The summed E-state index contributed by atoms with van der Waals surface area (Å²) < 4.78 is 19.3. The van der Waals surface area contributed by atoms with Crippen molar-refractivity contribution in [1.82, 2.24) is 14.8 Å². The maximum Gasteiger partial charge on any atom is 0.273 e. The number of benzene rings is 1. The van der Waals surface area contributed by atoms with Crippen LogP contribution in [0.3, 0.4) is 0 Å². The second kappa shape index (κ2) is 9.63. The third-order valence-corrected chi connectivity index (χ3v) is 7.37. The van der Waals surface area contributed by atoms with Gasteiger partial charge in [0.05, 0.1) is 28.2 Å². The van der Waals surface area contributed by atoms with Gasteiger partial charge in [0.2, 0.25) is 0 Å². The molecule has 0 spiro atoms. The average molecular weight is 466 g/mol. The summed E-state index contributed by atoms with van der Waals surface area (Å²) in [6, 6.07) is 4.37. The van der Waals surface area contributed by atoms with E-state index in [1.165, 1.54) is 29.5 Å². The highest BCUT2D eigenvalue weighted by Crippen LogP contribution is 2.32. The van der Waals surface area contributed by atoms with Gasteiger partial charge in [-0.2, -0.15) is 0 Å². The molecule has 3 heterocycles. The minimum atomic E-state index is -0.601. The predicted octanol–water partition coefficient (Wildman–Crippen LogP) is 4.21. The smallest absolute Gasteiger partial charge is 0.273 e. The Morgan fingerprint density at radius 3 is 2.71 bits per heavy atom. The molecule has 0 radical (unpaired) electrons. The van der Waals surface area contributed by atoms with Crippen LogP contribution in [-0.2, 0) is 4.74 Å². The number of amides is 2. The number of ether oxygens (including phenoxy) is 1. The van der Waals surface area contributed by atoms with Gasteiger partial charge in [-0.15, -0.1) is 11.3 Å². The van der Waals surface area contributed by atoms with E-state index in [-0.39, 0.29) is 34.4 Å². The normalized spacial score (nSPS) is 19.8. The lowest BCUT2D eigenvalue weighted by Crippen LogP contribution is -2.39. The van der Waals surface area contributed by atoms with Crippen LogP contribution < -0.4 is 0 Å². The molecule has 0 saturated carbocycles. The van der Waals surface area contributed by atoms with E-state index in [1.807, 2.05) is 10.3 Å². The zero-order valence-electron chi connectivity index (χ0n) is 17.4. The lowest BCUT2D eigenvalue weighted by Gasteiger charge is -2.31. The minimum absolute atomic E-state index is 0.0381. The van der Waals surface area contributed by atoms with Crippen molar-refractivity contribution in [2.24, 2.45) is 0 Å². The van der Waals surface area contributed by atoms with E-state index in [4.69, 9.17) is 16.3 Å². The molecular formula is C22H25ClFN3O3S. The Hall–Kier alpha value is -2.03. The SMILES string of the molecule is COCC1CCCN1C(=O)c1csc(C2CCN(C(=O)c3c(F)cccc3Cl)CC2)n1. The highest BCUT2D eigenvalue weighted by Gasteiger charge is 2.32. The molecule has 1 aromatic carbocycles. The molecule has 166 valence electrons. The maximum absolute atomic E-state index is 14.1. The highest BCUT2D eigenvalue weighted by atomic mass is 35.5. The van der Waals surface area contributed by atoms with Gasteiger partial charge in [0.1, 0.15) is 11.5 Å². The van der Waals surface area contributed by atoms with E-state index >= 15 is 0 Å². The van der Waals surface area contributed by atoms with Gasteiger partial charge in [0, 0.05) is 38.0 Å². The van der Waals surface area contributed by atoms with E-state index in [1.54, 1.807) is 12.0 Å². The molecule has 4 rings (SSSR count). The zero-order chi connectivity index (χ0) is 22.0. The Kier molecular flexibility index (Phi) is 6.89. The van der Waals surface area contributed by atoms with Crippen LogP contribution in [0, 0.1) is 5.82 Å². The van der Waals surface area contributed by atoms with Crippen LogP contribution in [0.2, 0.25) is 5.02 Å². The number of carbonyl (C=O) groups excluding carboxylic acids is 2. The van der Waals surface area contributed by atoms with Crippen molar-refractivity contribution in [3.05, 3.63) is 50.7 Å². The van der Waals surface area contributed by atoms with E-state index in [2.05, 4.69) is 4.98 Å². The number of hydrogen-bond donors (Lipinski definition) is 0. The van der Waals surface area contributed by atoms with Crippen molar-refractivity contribution < 1.29 is 18.7 Å². The monoisotopic (exact) mass is 465 g/mol. The molecular weight excluding hydrogens is 441 g/mol. The molecule has 2 amide bonds. The van der Waals surface area contributed by atoms with Gasteiger partial charge in [0.25, 0.3) is 11.8 Å². The third kappa shape index (κ3) is 4.61. The number of likely N-dealkylation sites (tertiary alicyclic amines) is 2. The first-order chi connectivity index (χ1) is 15.0. The molecule has 2 fully saturated rings. The van der Waals surface area contributed by atoms with Crippen LogP contribution in [0.25, 0.3) is 0 Å². The first kappa shape index (κ1) is 22.2. The first-order valence-electron chi connectivity index (χ1n) is 10.5. The van der Waals surface area contributed by atoms with Crippen LogP contribution in [-0.4, -0.2) is 66.0 Å². The molecule has 0 bridgehead atoms. The molecule has 2 saturated heterocycles. The zero-order valence-corrected chi connectivity index (χ0v) is 18.9. The Morgan fingerprint density at radius 1 is 1.23 bits per heavy atom. The van der Waals surface area contributed by atoms with Crippen LogP contribution in [0.4, 0.5) is 4.39 Å². The van der Waals surface area contributed by atoms with Crippen LogP contribution >= 0.6 is 22.9 Å². The second-order valence-electron chi connectivity index (χ2n) is 7.98. The van der Waals surface area contributed by atoms with Crippen molar-refractivity contribution >= 4 is 34.8 Å². The Labute approximate surface area is 190 Å². The third-order valence-electron chi connectivity index (χ3n) is 6.05. The topological polar surface area (TPSA) is 62.7 Å². The average Bonchev–Trinajstić information content (AvgIpc) is 3.43. The number of piperidine rings is 1. The molecule has 1 unspecified atom stereocenters. The molecule has 2 aromatic rings. The Morgan fingerprint density at radius 2 is 2.00 bits per heavy atom. The van der Waals surface area contributed by atoms with Crippen molar-refractivity contribution in [3.8, 4) is 0 Å². The van der Waals surface area contributed by atoms with Crippen LogP contribution in [0.1, 0.15) is 57.5 Å². The number of hydrogen-bond acceptors (Lipinski definition) is 5. The molecule has 31 heavy (non-hydrogen) atoms. The fourth-order valence-corrected chi connectivity index (χ4v) is 5.59. The number of aromatic nitrogens is 1. The molecule has 1 aromatic heterocycles. The summed E-state index contributed by atoms with van der Waals surface area (Å²) in [6.07, 6.45) is 3.37. The van der Waals surface area contributed by atoms with E-state index in [0.29, 0.717) is 25.4 Å². The summed E-state index contributed by atoms with van der Waals surface area (Å²) >= 11 is 7.54. The van der Waals surface area contributed by atoms with Crippen LogP contribution in [0.5, 0.6) is 0 Å². The molecule has 9 heteroatoms. The van der Waals surface area contributed by atoms with Gasteiger partial charge >= 0.3 is 0 Å². The quantitative estimate of drug-likeness (QED) is 0.663. The number of nitrogens with zero attached hydrogens (tertiary/aromatic N) is 3. The standard InChI is InChI=1S/C22H25ClFN3O3S/c1-30-12-15-4-3-9-27(15)21(28)18-13-31-20(25-18)14-7-10-26(11-8-14)22(29)19-16(23)5-2-6-17(19)24/h2,5-6,13-15H,3-4,7-12H2,1H3. The lowest BCUT2D eigenvalue weighted by atomic mass is 9.97. The van der Waals surface area contributed by atoms with Gasteiger partial charge < -0.3 is 14.5 Å². The van der Waals surface area contributed by atoms with Gasteiger partial charge in [-0.05, 0) is 37.8 Å². The Bertz CT molecular complexity index is 941. The number of rotatable bonds is 5. The fourth-order valence-electron chi connectivity index (χ4n) is 4.38. The van der Waals surface area contributed by atoms with Gasteiger partial charge in [-0.1, -0.05) is 17.7 Å². The van der Waals surface area contributed by atoms with Crippen molar-refractivity contribution in [2.45, 2.75) is 37.6 Å². The molecule has 2 aliphatic rings. The number of halogens is 2. The predicted molar refractivity (Wildman–Crippen MR) is 117 cm³/mol. The molecule has 6 nitrogen and oxygen atoms in total. The number of thiazole rings is 1. The summed E-state index contributed by atoms with van der Waals surface area (Å²) in [4.78, 5) is 33.8. The largest absolute Gasteiger partial charge is 0.383 e. The van der Waals surface area contributed by atoms with Crippen LogP contribution in [0.15, 0.2) is 23.6 Å².